The van der Waals surface area contributed by atoms with Crippen molar-refractivity contribution in [1.82, 2.24) is 19.8 Å². The topological polar surface area (TPSA) is 106 Å². The molecule has 0 aliphatic rings. The Labute approximate surface area is 173 Å². The first-order valence-electron chi connectivity index (χ1n) is 9.00. The van der Waals surface area contributed by atoms with Crippen molar-refractivity contribution in [2.75, 3.05) is 30.0 Å². The third kappa shape index (κ3) is 5.90. The maximum Gasteiger partial charge on any atom is 0.237 e. The van der Waals surface area contributed by atoms with Crippen LogP contribution in [-0.2, 0) is 9.59 Å². The van der Waals surface area contributed by atoms with Gasteiger partial charge >= 0.3 is 0 Å². The first-order valence-corrected chi connectivity index (χ1v) is 10.9. The Hall–Kier alpha value is -2.20. The summed E-state index contributed by atoms with van der Waals surface area (Å²) in [6.45, 7) is 8.98. The van der Waals surface area contributed by atoms with Crippen molar-refractivity contribution in [1.29, 1.82) is 0 Å². The molecule has 0 fully saturated rings. The second kappa shape index (κ2) is 10.4. The summed E-state index contributed by atoms with van der Waals surface area (Å²) in [5.41, 5.74) is 1.87. The van der Waals surface area contributed by atoms with Crippen molar-refractivity contribution in [2.45, 2.75) is 43.3 Å². The van der Waals surface area contributed by atoms with Crippen LogP contribution in [0.2, 0.25) is 0 Å². The number of carbonyl (C=O) groups excluding carboxylic acids is 2. The monoisotopic (exact) mass is 422 g/mol. The molecule has 0 saturated carbocycles. The number of rotatable bonds is 9. The van der Waals surface area contributed by atoms with E-state index in [-0.39, 0.29) is 17.6 Å². The van der Waals surface area contributed by atoms with Gasteiger partial charge < -0.3 is 16.1 Å². The van der Waals surface area contributed by atoms with Crippen molar-refractivity contribution in [3.8, 4) is 0 Å². The molecule has 10 heteroatoms. The van der Waals surface area contributed by atoms with Crippen molar-refractivity contribution >= 4 is 41.0 Å². The lowest BCUT2D eigenvalue weighted by Gasteiger charge is -2.17. The van der Waals surface area contributed by atoms with Gasteiger partial charge in [0.1, 0.15) is 0 Å². The number of aromatic nitrogens is 3. The highest BCUT2D eigenvalue weighted by molar-refractivity contribution is 8.00. The van der Waals surface area contributed by atoms with Crippen LogP contribution < -0.4 is 11.2 Å². The third-order valence-electron chi connectivity index (χ3n) is 4.04. The number of nitrogens with two attached hydrogens (primary N) is 1. The van der Waals surface area contributed by atoms with Gasteiger partial charge in [0.05, 0.1) is 11.0 Å². The van der Waals surface area contributed by atoms with Crippen LogP contribution in [0.25, 0.3) is 0 Å². The highest BCUT2D eigenvalue weighted by Crippen LogP contribution is 2.25. The average Bonchev–Trinajstić information content (AvgIpc) is 3.02. The Morgan fingerprint density at radius 2 is 1.79 bits per heavy atom. The molecule has 152 valence electrons. The summed E-state index contributed by atoms with van der Waals surface area (Å²) in [5.74, 6) is 6.16. The summed E-state index contributed by atoms with van der Waals surface area (Å²) in [7, 11) is 0. The van der Waals surface area contributed by atoms with Gasteiger partial charge in [-0.25, -0.2) is 4.68 Å². The Balaban J connectivity index is 1.92. The molecule has 8 nitrogen and oxygen atoms in total. The SMILES string of the molecule is CCN(CC)C(=O)CSc1nnc(SC(C)C(=O)Nc2ccc(C)cc2)n1N. The second-order valence-electron chi connectivity index (χ2n) is 6.11. The Morgan fingerprint density at radius 1 is 1.18 bits per heavy atom. The van der Waals surface area contributed by atoms with Crippen LogP contribution in [0.5, 0.6) is 0 Å². The number of hydrogen-bond donors (Lipinski definition) is 2. The van der Waals surface area contributed by atoms with E-state index in [2.05, 4.69) is 15.5 Å². The van der Waals surface area contributed by atoms with Crippen LogP contribution in [0.4, 0.5) is 5.69 Å². The Kier molecular flexibility index (Phi) is 8.18. The first-order chi connectivity index (χ1) is 13.3. The van der Waals surface area contributed by atoms with Gasteiger partial charge in [0, 0.05) is 18.8 Å². The van der Waals surface area contributed by atoms with E-state index >= 15 is 0 Å². The van der Waals surface area contributed by atoms with Crippen molar-refractivity contribution < 1.29 is 9.59 Å². The van der Waals surface area contributed by atoms with E-state index in [0.29, 0.717) is 23.4 Å². The molecular formula is C18H26N6O2S2. The molecule has 0 radical (unpaired) electrons. The molecule has 1 unspecified atom stereocenters. The Bertz CT molecular complexity index is 805. The van der Waals surface area contributed by atoms with Crippen LogP contribution in [0.3, 0.4) is 0 Å². The maximum atomic E-state index is 12.4. The van der Waals surface area contributed by atoms with E-state index in [9.17, 15) is 9.59 Å². The Morgan fingerprint density at radius 3 is 2.39 bits per heavy atom. The molecule has 2 amide bonds. The molecule has 0 aliphatic carbocycles. The number of nitrogen functional groups attached to an aromatic ring is 1. The predicted molar refractivity (Wildman–Crippen MR) is 114 cm³/mol. The summed E-state index contributed by atoms with van der Waals surface area (Å²) < 4.78 is 1.32. The fraction of sp³-hybridized carbons (Fsp3) is 0.444. The van der Waals surface area contributed by atoms with E-state index in [1.807, 2.05) is 45.0 Å². The van der Waals surface area contributed by atoms with E-state index in [1.54, 1.807) is 11.8 Å². The lowest BCUT2D eigenvalue weighted by atomic mass is 10.2. The maximum absolute atomic E-state index is 12.4. The molecule has 1 aromatic carbocycles. The van der Waals surface area contributed by atoms with Gasteiger partial charge in [-0.15, -0.1) is 10.2 Å². The fourth-order valence-electron chi connectivity index (χ4n) is 2.33. The minimum absolute atomic E-state index is 0.0260. The number of nitrogens with one attached hydrogen (secondary N) is 1. The van der Waals surface area contributed by atoms with Gasteiger partial charge in [0.15, 0.2) is 0 Å². The predicted octanol–water partition coefficient (Wildman–Crippen LogP) is 2.38. The summed E-state index contributed by atoms with van der Waals surface area (Å²) in [6, 6.07) is 7.59. The summed E-state index contributed by atoms with van der Waals surface area (Å²) >= 11 is 2.45. The number of nitrogens with zero attached hydrogens (tertiary/aromatic N) is 4. The van der Waals surface area contributed by atoms with Gasteiger partial charge in [-0.05, 0) is 39.8 Å². The fourth-order valence-corrected chi connectivity index (χ4v) is 3.92. The van der Waals surface area contributed by atoms with Crippen LogP contribution >= 0.6 is 23.5 Å². The number of aryl methyl sites for hydroxylation is 1. The van der Waals surface area contributed by atoms with E-state index in [4.69, 9.17) is 5.84 Å². The number of thioether (sulfide) groups is 2. The minimum Gasteiger partial charge on any atom is -0.343 e. The molecule has 0 spiro atoms. The first kappa shape index (κ1) is 22.1. The van der Waals surface area contributed by atoms with E-state index < -0.39 is 5.25 Å². The highest BCUT2D eigenvalue weighted by atomic mass is 32.2. The van der Waals surface area contributed by atoms with Crippen LogP contribution in [0, 0.1) is 6.92 Å². The average molecular weight is 423 g/mol. The largest absolute Gasteiger partial charge is 0.343 e. The number of anilines is 1. The van der Waals surface area contributed by atoms with Crippen LogP contribution in [-0.4, -0.2) is 55.7 Å². The molecular weight excluding hydrogens is 396 g/mol. The van der Waals surface area contributed by atoms with Gasteiger partial charge in [-0.3, -0.25) is 9.59 Å². The minimum atomic E-state index is -0.414. The molecule has 1 heterocycles. The normalized spacial score (nSPS) is 11.9. The van der Waals surface area contributed by atoms with Crippen molar-refractivity contribution in [2.24, 2.45) is 0 Å². The molecule has 2 rings (SSSR count). The molecule has 1 aromatic heterocycles. The quantitative estimate of drug-likeness (QED) is 0.472. The number of amides is 2. The molecule has 0 saturated heterocycles. The zero-order chi connectivity index (χ0) is 20.7. The zero-order valence-electron chi connectivity index (χ0n) is 16.5. The highest BCUT2D eigenvalue weighted by Gasteiger charge is 2.20. The standard InChI is InChI=1S/C18H26N6O2S2/c1-5-23(6-2)15(25)11-27-17-21-22-18(24(17)19)28-13(4)16(26)20-14-9-7-12(3)8-10-14/h7-10,13H,5-6,11,19H2,1-4H3,(H,20,26). The van der Waals surface area contributed by atoms with Gasteiger partial charge in [-0.1, -0.05) is 41.2 Å². The van der Waals surface area contributed by atoms with Gasteiger partial charge in [0.2, 0.25) is 22.1 Å². The summed E-state index contributed by atoms with van der Waals surface area (Å²) in [6.07, 6.45) is 0. The van der Waals surface area contributed by atoms with E-state index in [1.165, 1.54) is 28.2 Å². The smallest absolute Gasteiger partial charge is 0.237 e. The third-order valence-corrected chi connectivity index (χ3v) is 6.03. The molecule has 1 atom stereocenters. The van der Waals surface area contributed by atoms with Gasteiger partial charge in [-0.2, -0.15) is 0 Å². The van der Waals surface area contributed by atoms with E-state index in [0.717, 1.165) is 11.3 Å². The number of hydrogen-bond acceptors (Lipinski definition) is 7. The van der Waals surface area contributed by atoms with Crippen LogP contribution in [0.1, 0.15) is 26.3 Å². The van der Waals surface area contributed by atoms with Crippen molar-refractivity contribution in [3.05, 3.63) is 29.8 Å². The number of carbonyl (C=O) groups is 2. The molecule has 0 aliphatic heterocycles. The van der Waals surface area contributed by atoms with Gasteiger partial charge in [0.25, 0.3) is 0 Å². The molecule has 3 N–H and O–H groups in total. The summed E-state index contributed by atoms with van der Waals surface area (Å²) in [4.78, 5) is 26.2. The molecule has 28 heavy (non-hydrogen) atoms. The molecule has 2 aromatic rings. The number of benzene rings is 1. The lowest BCUT2D eigenvalue weighted by Crippen LogP contribution is -2.32. The lowest BCUT2D eigenvalue weighted by molar-refractivity contribution is -0.128. The zero-order valence-corrected chi connectivity index (χ0v) is 18.1. The second-order valence-corrected chi connectivity index (χ2v) is 8.36. The summed E-state index contributed by atoms with van der Waals surface area (Å²) in [5, 5.41) is 11.4. The molecule has 0 bridgehead atoms. The van der Waals surface area contributed by atoms with Crippen LogP contribution in [0.15, 0.2) is 34.6 Å². The van der Waals surface area contributed by atoms with Crippen molar-refractivity contribution in [3.63, 3.8) is 0 Å².